The minimum Gasteiger partial charge on any atom is -0.324 e. The summed E-state index contributed by atoms with van der Waals surface area (Å²) in [6.45, 7) is 1.78. The number of benzene rings is 1. The zero-order chi connectivity index (χ0) is 11.5. The highest BCUT2D eigenvalue weighted by molar-refractivity contribution is 7.51. The lowest BCUT2D eigenvalue weighted by Crippen LogP contribution is -2.33. The van der Waals surface area contributed by atoms with Crippen molar-refractivity contribution in [2.45, 2.75) is 18.9 Å². The highest BCUT2D eigenvalue weighted by atomic mass is 31.2. The molecule has 84 valence electrons. The van der Waals surface area contributed by atoms with E-state index in [-0.39, 0.29) is 12.6 Å². The van der Waals surface area contributed by atoms with Crippen molar-refractivity contribution in [3.05, 3.63) is 35.9 Å². The van der Waals surface area contributed by atoms with Crippen molar-refractivity contribution in [1.82, 2.24) is 0 Å². The van der Waals surface area contributed by atoms with Crippen molar-refractivity contribution in [3.63, 3.8) is 0 Å². The third-order valence-corrected chi connectivity index (χ3v) is 3.16. The Morgan fingerprint density at radius 3 is 2.33 bits per heavy atom. The first-order chi connectivity index (χ1) is 6.81. The Balaban J connectivity index is 2.72. The van der Waals surface area contributed by atoms with Crippen LogP contribution in [0, 0.1) is 0 Å². The molecule has 1 atom stereocenters. The first-order valence-corrected chi connectivity index (χ1v) is 6.50. The molecule has 1 aromatic rings. The molecule has 0 saturated carbocycles. The molecule has 1 unspecified atom stereocenters. The molecular weight excluding hydrogens is 213 g/mol. The van der Waals surface area contributed by atoms with Gasteiger partial charge in [0, 0.05) is 5.54 Å². The van der Waals surface area contributed by atoms with E-state index < -0.39 is 13.1 Å². The van der Waals surface area contributed by atoms with Crippen molar-refractivity contribution < 1.29 is 14.4 Å². The molecule has 0 saturated heterocycles. The fraction of sp³-hybridized carbons (Fsp3) is 0.400. The lowest BCUT2D eigenvalue weighted by atomic mass is 9.91. The van der Waals surface area contributed by atoms with Crippen LogP contribution in [-0.2, 0) is 10.1 Å². The minimum absolute atomic E-state index is 0.186. The van der Waals surface area contributed by atoms with Crippen LogP contribution in [0.25, 0.3) is 0 Å². The zero-order valence-corrected chi connectivity index (χ0v) is 9.52. The van der Waals surface area contributed by atoms with Gasteiger partial charge in [0.25, 0.3) is 0 Å². The van der Waals surface area contributed by atoms with Gasteiger partial charge in [-0.05, 0) is 18.9 Å². The van der Waals surface area contributed by atoms with Gasteiger partial charge in [-0.3, -0.25) is 4.57 Å². The molecule has 5 heteroatoms. The van der Waals surface area contributed by atoms with Gasteiger partial charge >= 0.3 is 7.60 Å². The zero-order valence-electron chi connectivity index (χ0n) is 8.63. The third kappa shape index (κ3) is 4.14. The average molecular weight is 229 g/mol. The summed E-state index contributed by atoms with van der Waals surface area (Å²) in [6.07, 6.45) is 0.0795. The SMILES string of the molecule is CC(N)(CCP(=O)(O)O)c1ccccc1. The van der Waals surface area contributed by atoms with Gasteiger partial charge in [0.05, 0.1) is 6.16 Å². The maximum atomic E-state index is 10.7. The molecule has 0 fully saturated rings. The summed E-state index contributed by atoms with van der Waals surface area (Å²) in [6, 6.07) is 9.32. The van der Waals surface area contributed by atoms with E-state index in [0.29, 0.717) is 0 Å². The Kier molecular flexibility index (Phi) is 3.68. The first-order valence-electron chi connectivity index (χ1n) is 4.70. The maximum absolute atomic E-state index is 10.7. The molecule has 0 radical (unpaired) electrons. The van der Waals surface area contributed by atoms with Gasteiger partial charge in [0.1, 0.15) is 0 Å². The quantitative estimate of drug-likeness (QED) is 0.682. The summed E-state index contributed by atoms with van der Waals surface area (Å²) >= 11 is 0. The number of hydrogen-bond acceptors (Lipinski definition) is 2. The Morgan fingerprint density at radius 2 is 1.87 bits per heavy atom. The molecular formula is C10H16NO3P. The lowest BCUT2D eigenvalue weighted by molar-refractivity contribution is 0.360. The fourth-order valence-corrected chi connectivity index (χ4v) is 2.10. The molecule has 0 aliphatic carbocycles. The Morgan fingerprint density at radius 1 is 1.33 bits per heavy atom. The average Bonchev–Trinajstić information content (AvgIpc) is 2.16. The predicted molar refractivity (Wildman–Crippen MR) is 59.5 cm³/mol. The van der Waals surface area contributed by atoms with E-state index >= 15 is 0 Å². The summed E-state index contributed by atoms with van der Waals surface area (Å²) in [5, 5.41) is 0. The van der Waals surface area contributed by atoms with E-state index in [1.165, 1.54) is 0 Å². The largest absolute Gasteiger partial charge is 0.325 e. The molecule has 0 spiro atoms. The highest BCUT2D eigenvalue weighted by Gasteiger charge is 2.25. The molecule has 0 amide bonds. The Bertz CT molecular complexity index is 358. The van der Waals surface area contributed by atoms with Gasteiger partial charge in [0.2, 0.25) is 0 Å². The van der Waals surface area contributed by atoms with E-state index in [4.69, 9.17) is 15.5 Å². The first kappa shape index (κ1) is 12.4. The van der Waals surface area contributed by atoms with Crippen LogP contribution < -0.4 is 5.73 Å². The third-order valence-electron chi connectivity index (χ3n) is 2.36. The van der Waals surface area contributed by atoms with Crippen LogP contribution in [0.2, 0.25) is 0 Å². The van der Waals surface area contributed by atoms with Crippen LogP contribution in [-0.4, -0.2) is 15.9 Å². The van der Waals surface area contributed by atoms with Gasteiger partial charge in [-0.1, -0.05) is 30.3 Å². The van der Waals surface area contributed by atoms with Crippen LogP contribution in [0.5, 0.6) is 0 Å². The number of nitrogens with two attached hydrogens (primary N) is 1. The van der Waals surface area contributed by atoms with E-state index in [9.17, 15) is 4.57 Å². The second-order valence-corrected chi connectivity index (χ2v) is 5.70. The van der Waals surface area contributed by atoms with Gasteiger partial charge in [0.15, 0.2) is 0 Å². The molecule has 4 N–H and O–H groups in total. The van der Waals surface area contributed by atoms with Crippen LogP contribution in [0.3, 0.4) is 0 Å². The monoisotopic (exact) mass is 229 g/mol. The van der Waals surface area contributed by atoms with E-state index in [0.717, 1.165) is 5.56 Å². The van der Waals surface area contributed by atoms with Crippen LogP contribution in [0.1, 0.15) is 18.9 Å². The molecule has 1 rings (SSSR count). The van der Waals surface area contributed by atoms with Gasteiger partial charge in [-0.15, -0.1) is 0 Å². The van der Waals surface area contributed by atoms with Crippen LogP contribution >= 0.6 is 7.60 Å². The summed E-state index contributed by atoms with van der Waals surface area (Å²) in [7, 11) is -3.96. The lowest BCUT2D eigenvalue weighted by Gasteiger charge is -2.25. The second-order valence-electron chi connectivity index (χ2n) is 3.92. The summed E-state index contributed by atoms with van der Waals surface area (Å²) in [5.74, 6) is 0. The smallest absolute Gasteiger partial charge is 0.324 e. The van der Waals surface area contributed by atoms with E-state index in [2.05, 4.69) is 0 Å². The highest BCUT2D eigenvalue weighted by Crippen LogP contribution is 2.38. The van der Waals surface area contributed by atoms with Crippen LogP contribution in [0.4, 0.5) is 0 Å². The van der Waals surface area contributed by atoms with Gasteiger partial charge in [-0.25, -0.2) is 0 Å². The summed E-state index contributed by atoms with van der Waals surface area (Å²) in [4.78, 5) is 17.6. The van der Waals surface area contributed by atoms with Crippen molar-refractivity contribution in [3.8, 4) is 0 Å². The molecule has 4 nitrogen and oxygen atoms in total. The number of hydrogen-bond donors (Lipinski definition) is 3. The summed E-state index contributed by atoms with van der Waals surface area (Å²) in [5.41, 5.74) is 6.20. The Hall–Kier alpha value is -0.670. The molecule has 1 aromatic carbocycles. The van der Waals surface area contributed by atoms with Gasteiger partial charge in [-0.2, -0.15) is 0 Å². The standard InChI is InChI=1S/C10H16NO3P/c1-10(11,7-8-15(12,13)14)9-5-3-2-4-6-9/h2-6H,7-8,11H2,1H3,(H2,12,13,14). The van der Waals surface area contributed by atoms with Crippen molar-refractivity contribution in [1.29, 1.82) is 0 Å². The maximum Gasteiger partial charge on any atom is 0.325 e. The summed E-state index contributed by atoms with van der Waals surface area (Å²) < 4.78 is 10.7. The predicted octanol–water partition coefficient (Wildman–Crippen LogP) is 1.43. The molecule has 0 aliphatic heterocycles. The Labute approximate surface area is 89.3 Å². The topological polar surface area (TPSA) is 83.6 Å². The second kappa shape index (κ2) is 4.45. The number of rotatable bonds is 4. The molecule has 15 heavy (non-hydrogen) atoms. The van der Waals surface area contributed by atoms with E-state index in [1.807, 2.05) is 30.3 Å². The minimum atomic E-state index is -3.96. The van der Waals surface area contributed by atoms with Crippen molar-refractivity contribution in [2.75, 3.05) is 6.16 Å². The van der Waals surface area contributed by atoms with E-state index in [1.54, 1.807) is 6.92 Å². The molecule has 0 heterocycles. The van der Waals surface area contributed by atoms with Crippen LogP contribution in [0.15, 0.2) is 30.3 Å². The fourth-order valence-electron chi connectivity index (χ4n) is 1.34. The van der Waals surface area contributed by atoms with Crippen molar-refractivity contribution in [2.24, 2.45) is 5.73 Å². The molecule has 0 aliphatic rings. The normalized spacial score (nSPS) is 16.0. The van der Waals surface area contributed by atoms with Crippen molar-refractivity contribution >= 4 is 7.60 Å². The molecule has 0 bridgehead atoms. The molecule has 0 aromatic heterocycles. The van der Waals surface area contributed by atoms with Gasteiger partial charge < -0.3 is 15.5 Å².